The van der Waals surface area contributed by atoms with Crippen LogP contribution in [-0.4, -0.2) is 24.1 Å². The van der Waals surface area contributed by atoms with Crippen LogP contribution in [0.3, 0.4) is 0 Å². The fourth-order valence-corrected chi connectivity index (χ4v) is 1.98. The number of rotatable bonds is 4. The second kappa shape index (κ2) is 5.69. The van der Waals surface area contributed by atoms with Gasteiger partial charge in [0.25, 0.3) is 0 Å². The number of benzene rings is 1. The highest BCUT2D eigenvalue weighted by Crippen LogP contribution is 2.17. The maximum atomic E-state index is 4.48. The third kappa shape index (κ3) is 3.22. The van der Waals surface area contributed by atoms with Crippen molar-refractivity contribution in [2.24, 2.45) is 0 Å². The summed E-state index contributed by atoms with van der Waals surface area (Å²) in [6, 6.07) is 10.4. The molecule has 0 saturated heterocycles. The highest BCUT2D eigenvalue weighted by atomic mass is 15.2. The van der Waals surface area contributed by atoms with Gasteiger partial charge in [-0.15, -0.1) is 0 Å². The molecule has 100 valence electrons. The molecule has 1 aromatic carbocycles. The van der Waals surface area contributed by atoms with Crippen molar-refractivity contribution >= 4 is 11.8 Å². The monoisotopic (exact) mass is 256 g/mol. The van der Waals surface area contributed by atoms with E-state index in [0.717, 1.165) is 18.1 Å². The second-order valence-electron chi connectivity index (χ2n) is 4.72. The van der Waals surface area contributed by atoms with Gasteiger partial charge in [-0.2, -0.15) is 4.98 Å². The van der Waals surface area contributed by atoms with Crippen LogP contribution < -0.4 is 10.2 Å². The lowest BCUT2D eigenvalue weighted by Gasteiger charge is -2.20. The van der Waals surface area contributed by atoms with Crippen molar-refractivity contribution in [3.8, 4) is 0 Å². The average molecular weight is 256 g/mol. The highest BCUT2D eigenvalue weighted by Gasteiger charge is 2.07. The quantitative estimate of drug-likeness (QED) is 0.913. The van der Waals surface area contributed by atoms with Crippen LogP contribution in [0.4, 0.5) is 11.8 Å². The molecule has 0 aliphatic rings. The summed E-state index contributed by atoms with van der Waals surface area (Å²) in [6.45, 7) is 4.95. The van der Waals surface area contributed by atoms with Crippen molar-refractivity contribution in [1.82, 2.24) is 9.97 Å². The van der Waals surface area contributed by atoms with E-state index in [0.29, 0.717) is 5.95 Å². The van der Waals surface area contributed by atoms with Crippen molar-refractivity contribution in [3.05, 3.63) is 47.2 Å². The Morgan fingerprint density at radius 2 is 1.89 bits per heavy atom. The first kappa shape index (κ1) is 13.3. The summed E-state index contributed by atoms with van der Waals surface area (Å²) in [4.78, 5) is 10.9. The summed E-state index contributed by atoms with van der Waals surface area (Å²) < 4.78 is 0. The van der Waals surface area contributed by atoms with E-state index in [1.54, 1.807) is 0 Å². The van der Waals surface area contributed by atoms with E-state index in [1.165, 1.54) is 11.1 Å². The van der Waals surface area contributed by atoms with Crippen LogP contribution in [0.1, 0.15) is 16.8 Å². The third-order valence-corrected chi connectivity index (χ3v) is 3.12. The molecular weight excluding hydrogens is 236 g/mol. The topological polar surface area (TPSA) is 41.1 Å². The normalized spacial score (nSPS) is 10.3. The van der Waals surface area contributed by atoms with E-state index < -0.39 is 0 Å². The van der Waals surface area contributed by atoms with Gasteiger partial charge in [-0.1, -0.05) is 24.3 Å². The molecule has 0 aliphatic carbocycles. The lowest BCUT2D eigenvalue weighted by atomic mass is 10.1. The molecule has 0 bridgehead atoms. The summed E-state index contributed by atoms with van der Waals surface area (Å²) >= 11 is 0. The molecule has 0 fully saturated rings. The molecule has 0 unspecified atom stereocenters. The Kier molecular flexibility index (Phi) is 4.00. The molecule has 2 rings (SSSR count). The molecule has 0 aliphatic heterocycles. The van der Waals surface area contributed by atoms with Crippen molar-refractivity contribution in [2.45, 2.75) is 20.4 Å². The van der Waals surface area contributed by atoms with Crippen molar-refractivity contribution in [1.29, 1.82) is 0 Å². The molecule has 2 aromatic rings. The molecule has 1 aromatic heterocycles. The fraction of sp³-hybridized carbons (Fsp3) is 0.333. The van der Waals surface area contributed by atoms with Crippen LogP contribution in [0.15, 0.2) is 30.3 Å². The molecule has 4 heteroatoms. The molecule has 0 spiro atoms. The van der Waals surface area contributed by atoms with Gasteiger partial charge in [-0.25, -0.2) is 4.98 Å². The van der Waals surface area contributed by atoms with Gasteiger partial charge in [-0.05, 0) is 25.0 Å². The Bertz CT molecular complexity index is 566. The Labute approximate surface area is 114 Å². The molecule has 0 amide bonds. The Hall–Kier alpha value is -2.10. The van der Waals surface area contributed by atoms with Gasteiger partial charge in [-0.3, -0.25) is 0 Å². The molecule has 1 N–H and O–H groups in total. The zero-order valence-corrected chi connectivity index (χ0v) is 11.9. The first-order valence-electron chi connectivity index (χ1n) is 6.39. The summed E-state index contributed by atoms with van der Waals surface area (Å²) in [7, 11) is 3.88. The first-order chi connectivity index (χ1) is 9.10. The summed E-state index contributed by atoms with van der Waals surface area (Å²) in [5, 5.41) is 2.99. The number of aromatic nitrogens is 2. The predicted octanol–water partition coefficient (Wildman–Crippen LogP) is 2.77. The maximum Gasteiger partial charge on any atom is 0.224 e. The summed E-state index contributed by atoms with van der Waals surface area (Å²) in [5.41, 5.74) is 3.58. The average Bonchev–Trinajstić information content (AvgIpc) is 2.40. The van der Waals surface area contributed by atoms with Crippen LogP contribution in [0.25, 0.3) is 0 Å². The minimum Gasteiger partial charge on any atom is -0.357 e. The molecule has 0 saturated carbocycles. The van der Waals surface area contributed by atoms with Gasteiger partial charge >= 0.3 is 0 Å². The third-order valence-electron chi connectivity index (χ3n) is 3.12. The Morgan fingerprint density at radius 3 is 2.58 bits per heavy atom. The van der Waals surface area contributed by atoms with E-state index in [2.05, 4.69) is 51.4 Å². The van der Waals surface area contributed by atoms with Gasteiger partial charge in [0.05, 0.1) is 0 Å². The number of nitrogens with zero attached hydrogens (tertiary/aromatic N) is 3. The van der Waals surface area contributed by atoms with Crippen LogP contribution >= 0.6 is 0 Å². The van der Waals surface area contributed by atoms with E-state index in [-0.39, 0.29) is 0 Å². The van der Waals surface area contributed by atoms with Gasteiger partial charge < -0.3 is 10.2 Å². The van der Waals surface area contributed by atoms with Crippen molar-refractivity contribution in [2.75, 3.05) is 24.3 Å². The van der Waals surface area contributed by atoms with Crippen LogP contribution in [0.5, 0.6) is 0 Å². The molecule has 0 atom stereocenters. The smallest absolute Gasteiger partial charge is 0.224 e. The predicted molar refractivity (Wildman–Crippen MR) is 79.6 cm³/mol. The second-order valence-corrected chi connectivity index (χ2v) is 4.72. The first-order valence-corrected chi connectivity index (χ1v) is 6.39. The molecule has 19 heavy (non-hydrogen) atoms. The van der Waals surface area contributed by atoms with E-state index >= 15 is 0 Å². The highest BCUT2D eigenvalue weighted by molar-refractivity contribution is 5.45. The zero-order valence-electron chi connectivity index (χ0n) is 11.9. The lowest BCUT2D eigenvalue weighted by Crippen LogP contribution is -2.19. The van der Waals surface area contributed by atoms with Crippen LogP contribution in [0, 0.1) is 13.8 Å². The zero-order chi connectivity index (χ0) is 13.8. The van der Waals surface area contributed by atoms with Crippen molar-refractivity contribution in [3.63, 3.8) is 0 Å². The minimum atomic E-state index is 0.659. The SMILES string of the molecule is CNc1nc(C)cc(N(C)Cc2ccccc2C)n1. The van der Waals surface area contributed by atoms with Gasteiger partial charge in [0.15, 0.2) is 0 Å². The lowest BCUT2D eigenvalue weighted by molar-refractivity contribution is 0.881. The van der Waals surface area contributed by atoms with E-state index in [9.17, 15) is 0 Å². The van der Waals surface area contributed by atoms with Gasteiger partial charge in [0.2, 0.25) is 5.95 Å². The van der Waals surface area contributed by atoms with E-state index in [4.69, 9.17) is 0 Å². The maximum absolute atomic E-state index is 4.48. The molecule has 0 radical (unpaired) electrons. The summed E-state index contributed by atoms with van der Waals surface area (Å²) in [6.07, 6.45) is 0. The number of aryl methyl sites for hydroxylation is 2. The largest absolute Gasteiger partial charge is 0.357 e. The van der Waals surface area contributed by atoms with Crippen molar-refractivity contribution < 1.29 is 0 Å². The number of hydrogen-bond donors (Lipinski definition) is 1. The Balaban J connectivity index is 2.22. The van der Waals surface area contributed by atoms with Gasteiger partial charge in [0, 0.05) is 32.4 Å². The number of hydrogen-bond acceptors (Lipinski definition) is 4. The van der Waals surface area contributed by atoms with Crippen LogP contribution in [-0.2, 0) is 6.54 Å². The van der Waals surface area contributed by atoms with Gasteiger partial charge in [0.1, 0.15) is 5.82 Å². The standard InChI is InChI=1S/C15H20N4/c1-11-7-5-6-8-13(11)10-19(4)14-9-12(2)17-15(16-3)18-14/h5-9H,10H2,1-4H3,(H,16,17,18). The van der Waals surface area contributed by atoms with E-state index in [1.807, 2.05) is 27.1 Å². The number of anilines is 2. The van der Waals surface area contributed by atoms with Crippen LogP contribution in [0.2, 0.25) is 0 Å². The minimum absolute atomic E-state index is 0.659. The molecule has 4 nitrogen and oxygen atoms in total. The number of nitrogens with one attached hydrogen (secondary N) is 1. The Morgan fingerprint density at radius 1 is 1.16 bits per heavy atom. The summed E-state index contributed by atoms with van der Waals surface area (Å²) in [5.74, 6) is 1.59. The molecule has 1 heterocycles. The fourth-order valence-electron chi connectivity index (χ4n) is 1.98. The molecular formula is C15H20N4.